The van der Waals surface area contributed by atoms with Crippen LogP contribution in [0.1, 0.15) is 30.7 Å². The Hall–Kier alpha value is -1.22. The van der Waals surface area contributed by atoms with Gasteiger partial charge in [0.25, 0.3) is 0 Å². The number of phenols is 1. The molecule has 0 bridgehead atoms. The van der Waals surface area contributed by atoms with Crippen LogP contribution in [0.3, 0.4) is 0 Å². The molecule has 92 valence electrons. The van der Waals surface area contributed by atoms with Gasteiger partial charge >= 0.3 is 0 Å². The second kappa shape index (κ2) is 4.22. The number of hydrogen-bond acceptors (Lipinski definition) is 3. The minimum Gasteiger partial charge on any atom is -0.508 e. The maximum absolute atomic E-state index is 9.99. The molecule has 1 aromatic rings. The highest BCUT2D eigenvalue weighted by molar-refractivity contribution is 5.63. The van der Waals surface area contributed by atoms with Crippen LogP contribution in [-0.4, -0.2) is 36.2 Å². The van der Waals surface area contributed by atoms with Crippen molar-refractivity contribution in [3.05, 3.63) is 23.8 Å². The van der Waals surface area contributed by atoms with Crippen LogP contribution in [0, 0.1) is 0 Å². The zero-order valence-electron chi connectivity index (χ0n) is 10.3. The Labute approximate surface area is 102 Å². The molecule has 0 radical (unpaired) electrons. The molecular weight excluding hydrogens is 212 g/mol. The van der Waals surface area contributed by atoms with E-state index in [4.69, 9.17) is 0 Å². The van der Waals surface area contributed by atoms with Gasteiger partial charge in [0.1, 0.15) is 5.75 Å². The Balaban J connectivity index is 1.79. The first-order valence-electron chi connectivity index (χ1n) is 6.51. The van der Waals surface area contributed by atoms with E-state index in [1.807, 2.05) is 6.07 Å². The van der Waals surface area contributed by atoms with Gasteiger partial charge in [-0.05, 0) is 45.0 Å². The van der Waals surface area contributed by atoms with Gasteiger partial charge in [-0.1, -0.05) is 6.07 Å². The van der Waals surface area contributed by atoms with E-state index in [2.05, 4.69) is 23.3 Å². The van der Waals surface area contributed by atoms with E-state index in [0.29, 0.717) is 17.7 Å². The van der Waals surface area contributed by atoms with Crippen molar-refractivity contribution >= 4 is 5.69 Å². The summed E-state index contributed by atoms with van der Waals surface area (Å²) in [6.07, 6.45) is 3.78. The van der Waals surface area contributed by atoms with Crippen molar-refractivity contribution in [3.63, 3.8) is 0 Å². The van der Waals surface area contributed by atoms with Gasteiger partial charge in [-0.25, -0.2) is 0 Å². The molecular formula is C14H20N2O. The summed E-state index contributed by atoms with van der Waals surface area (Å²) in [7, 11) is 2.21. The quantitative estimate of drug-likeness (QED) is 0.822. The summed E-state index contributed by atoms with van der Waals surface area (Å²) < 4.78 is 0. The number of benzene rings is 1. The van der Waals surface area contributed by atoms with Crippen molar-refractivity contribution in [2.75, 3.05) is 25.5 Å². The molecule has 0 amide bonds. The number of phenolic OH excluding ortho intramolecular Hbond substituents is 1. The van der Waals surface area contributed by atoms with Crippen molar-refractivity contribution < 1.29 is 5.11 Å². The lowest BCUT2D eigenvalue weighted by molar-refractivity contribution is 0.284. The van der Waals surface area contributed by atoms with Gasteiger partial charge in [0.2, 0.25) is 0 Å². The molecule has 2 aliphatic rings. The maximum Gasteiger partial charge on any atom is 0.121 e. The topological polar surface area (TPSA) is 35.5 Å². The highest BCUT2D eigenvalue weighted by Gasteiger charge is 2.30. The van der Waals surface area contributed by atoms with Gasteiger partial charge < -0.3 is 15.3 Å². The second-order valence-corrected chi connectivity index (χ2v) is 5.33. The molecule has 2 unspecified atom stereocenters. The van der Waals surface area contributed by atoms with Gasteiger partial charge in [-0.3, -0.25) is 0 Å². The highest BCUT2D eigenvalue weighted by atomic mass is 16.3. The molecule has 0 aliphatic carbocycles. The second-order valence-electron chi connectivity index (χ2n) is 5.33. The molecule has 2 heterocycles. The van der Waals surface area contributed by atoms with Gasteiger partial charge in [-0.15, -0.1) is 0 Å². The van der Waals surface area contributed by atoms with Gasteiger partial charge in [0.15, 0.2) is 0 Å². The van der Waals surface area contributed by atoms with Gasteiger partial charge in [0, 0.05) is 29.8 Å². The summed E-state index contributed by atoms with van der Waals surface area (Å²) in [6, 6.07) is 6.46. The lowest BCUT2D eigenvalue weighted by Crippen LogP contribution is -2.27. The third-order valence-electron chi connectivity index (χ3n) is 4.26. The minimum atomic E-state index is 0.457. The largest absolute Gasteiger partial charge is 0.508 e. The first-order chi connectivity index (χ1) is 8.25. The number of nitrogens with zero attached hydrogens (tertiary/aromatic N) is 1. The molecule has 0 spiro atoms. The molecule has 0 saturated carbocycles. The molecule has 1 fully saturated rings. The average Bonchev–Trinajstić information content (AvgIpc) is 2.89. The fourth-order valence-corrected chi connectivity index (χ4v) is 3.28. The molecule has 3 rings (SSSR count). The van der Waals surface area contributed by atoms with Crippen LogP contribution in [0.4, 0.5) is 5.69 Å². The van der Waals surface area contributed by atoms with E-state index in [9.17, 15) is 5.11 Å². The number of hydrogen-bond donors (Lipinski definition) is 2. The monoisotopic (exact) mass is 232 g/mol. The Morgan fingerprint density at radius 2 is 2.35 bits per heavy atom. The number of likely N-dealkylation sites (tertiary alicyclic amines) is 1. The summed E-state index contributed by atoms with van der Waals surface area (Å²) in [5.74, 6) is 0.926. The molecule has 1 aromatic carbocycles. The zero-order valence-corrected chi connectivity index (χ0v) is 10.3. The number of anilines is 1. The zero-order chi connectivity index (χ0) is 11.8. The van der Waals surface area contributed by atoms with Crippen LogP contribution >= 0.6 is 0 Å². The Bertz CT molecular complexity index is 419. The summed E-state index contributed by atoms with van der Waals surface area (Å²) in [4.78, 5) is 2.46. The van der Waals surface area contributed by atoms with Crippen LogP contribution in [-0.2, 0) is 0 Å². The Kier molecular flexibility index (Phi) is 2.71. The summed E-state index contributed by atoms with van der Waals surface area (Å²) in [5, 5.41) is 13.4. The van der Waals surface area contributed by atoms with Crippen molar-refractivity contribution in [2.45, 2.75) is 31.2 Å². The van der Waals surface area contributed by atoms with Gasteiger partial charge in [-0.2, -0.15) is 0 Å². The number of nitrogens with one attached hydrogen (secondary N) is 1. The predicted molar refractivity (Wildman–Crippen MR) is 69.6 cm³/mol. The van der Waals surface area contributed by atoms with Crippen LogP contribution < -0.4 is 5.32 Å². The molecule has 17 heavy (non-hydrogen) atoms. The van der Waals surface area contributed by atoms with Crippen LogP contribution in [0.25, 0.3) is 0 Å². The van der Waals surface area contributed by atoms with Crippen molar-refractivity contribution in [1.82, 2.24) is 4.90 Å². The van der Waals surface area contributed by atoms with E-state index >= 15 is 0 Å². The van der Waals surface area contributed by atoms with Crippen molar-refractivity contribution in [1.29, 1.82) is 0 Å². The van der Waals surface area contributed by atoms with E-state index in [-0.39, 0.29) is 0 Å². The molecule has 2 atom stereocenters. The van der Waals surface area contributed by atoms with Crippen molar-refractivity contribution in [3.8, 4) is 5.75 Å². The lowest BCUT2D eigenvalue weighted by atomic mass is 9.92. The minimum absolute atomic E-state index is 0.457. The first kappa shape index (κ1) is 10.9. The third kappa shape index (κ3) is 1.89. The Morgan fingerprint density at radius 1 is 1.47 bits per heavy atom. The summed E-state index contributed by atoms with van der Waals surface area (Å²) in [5.41, 5.74) is 2.25. The van der Waals surface area contributed by atoms with E-state index in [0.717, 1.165) is 24.2 Å². The van der Waals surface area contributed by atoms with E-state index < -0.39 is 0 Å². The van der Waals surface area contributed by atoms with Crippen LogP contribution in [0.15, 0.2) is 18.2 Å². The molecule has 0 aromatic heterocycles. The van der Waals surface area contributed by atoms with Crippen LogP contribution in [0.2, 0.25) is 0 Å². The Morgan fingerprint density at radius 3 is 3.12 bits per heavy atom. The van der Waals surface area contributed by atoms with Crippen molar-refractivity contribution in [2.24, 2.45) is 0 Å². The fourth-order valence-electron chi connectivity index (χ4n) is 3.28. The molecule has 1 saturated heterocycles. The van der Waals surface area contributed by atoms with E-state index in [1.54, 1.807) is 6.07 Å². The smallest absolute Gasteiger partial charge is 0.121 e. The number of fused-ring (bicyclic) bond motifs is 1. The predicted octanol–water partition coefficient (Wildman–Crippen LogP) is 2.39. The summed E-state index contributed by atoms with van der Waals surface area (Å²) in [6.45, 7) is 2.19. The van der Waals surface area contributed by atoms with Crippen LogP contribution in [0.5, 0.6) is 5.75 Å². The lowest BCUT2D eigenvalue weighted by Gasteiger charge is -2.23. The number of rotatable bonds is 2. The van der Waals surface area contributed by atoms with E-state index in [1.165, 1.54) is 19.4 Å². The molecule has 2 aliphatic heterocycles. The third-order valence-corrected chi connectivity index (χ3v) is 4.26. The molecule has 3 nitrogen and oxygen atoms in total. The fraction of sp³-hybridized carbons (Fsp3) is 0.571. The SMILES string of the molecule is CN1CCCC1CC1CNc2cccc(O)c21. The average molecular weight is 232 g/mol. The standard InChI is InChI=1S/C14H20N2O/c1-16-7-3-4-11(16)8-10-9-15-12-5-2-6-13(17)14(10)12/h2,5-6,10-11,15,17H,3-4,7-9H2,1H3. The molecule has 2 N–H and O–H groups in total. The maximum atomic E-state index is 9.99. The summed E-state index contributed by atoms with van der Waals surface area (Å²) >= 11 is 0. The normalized spacial score (nSPS) is 28.1. The first-order valence-corrected chi connectivity index (χ1v) is 6.51. The number of aromatic hydroxyl groups is 1. The molecule has 3 heteroatoms. The highest BCUT2D eigenvalue weighted by Crippen LogP contribution is 2.41. The van der Waals surface area contributed by atoms with Gasteiger partial charge in [0.05, 0.1) is 0 Å².